The van der Waals surface area contributed by atoms with Gasteiger partial charge in [0.1, 0.15) is 0 Å². The van der Waals surface area contributed by atoms with Crippen molar-refractivity contribution in [1.29, 1.82) is 0 Å². The fourth-order valence-electron chi connectivity index (χ4n) is 3.21. The van der Waals surface area contributed by atoms with Gasteiger partial charge in [0.25, 0.3) is 0 Å². The third-order valence-electron chi connectivity index (χ3n) is 4.40. The van der Waals surface area contributed by atoms with Crippen molar-refractivity contribution < 1.29 is 5.11 Å². The van der Waals surface area contributed by atoms with Crippen LogP contribution >= 0.6 is 0 Å². The molecule has 0 amide bonds. The fraction of sp³-hybridized carbons (Fsp3) is 0.368. The van der Waals surface area contributed by atoms with Crippen LogP contribution < -0.4 is 0 Å². The average molecular weight is 281 g/mol. The number of benzene rings is 2. The second kappa shape index (κ2) is 6.88. The first-order valence-electron chi connectivity index (χ1n) is 7.85. The van der Waals surface area contributed by atoms with Crippen molar-refractivity contribution in [2.24, 2.45) is 0 Å². The molecule has 0 spiro atoms. The van der Waals surface area contributed by atoms with Gasteiger partial charge in [0, 0.05) is 12.5 Å². The minimum absolute atomic E-state index is 0.131. The van der Waals surface area contributed by atoms with Gasteiger partial charge >= 0.3 is 0 Å². The summed E-state index contributed by atoms with van der Waals surface area (Å²) in [5, 5.41) is 10.9. The minimum Gasteiger partial charge on any atom is -0.388 e. The van der Waals surface area contributed by atoms with E-state index in [-0.39, 0.29) is 5.92 Å². The lowest BCUT2D eigenvalue weighted by Crippen LogP contribution is -2.29. The molecule has 1 heterocycles. The summed E-state index contributed by atoms with van der Waals surface area (Å²) < 4.78 is 0. The van der Waals surface area contributed by atoms with Crippen LogP contribution in [0.5, 0.6) is 0 Å². The highest BCUT2D eigenvalue weighted by Gasteiger charge is 2.26. The molecule has 1 fully saturated rings. The summed E-state index contributed by atoms with van der Waals surface area (Å²) in [4.78, 5) is 2.48. The van der Waals surface area contributed by atoms with Crippen LogP contribution in [0.4, 0.5) is 0 Å². The number of aliphatic hydroxyl groups excluding tert-OH is 1. The van der Waals surface area contributed by atoms with E-state index in [1.165, 1.54) is 18.4 Å². The second-order valence-corrected chi connectivity index (χ2v) is 5.88. The lowest BCUT2D eigenvalue weighted by Gasteiger charge is -2.28. The van der Waals surface area contributed by atoms with Gasteiger partial charge in [0.15, 0.2) is 0 Å². The Bertz CT molecular complexity index is 534. The largest absolute Gasteiger partial charge is 0.388 e. The molecule has 0 saturated carbocycles. The third-order valence-corrected chi connectivity index (χ3v) is 4.40. The van der Waals surface area contributed by atoms with Crippen molar-refractivity contribution in [3.63, 3.8) is 0 Å². The maximum absolute atomic E-state index is 10.9. The Morgan fingerprint density at radius 3 is 1.90 bits per heavy atom. The van der Waals surface area contributed by atoms with E-state index in [0.717, 1.165) is 25.2 Å². The van der Waals surface area contributed by atoms with E-state index in [1.807, 2.05) is 36.4 Å². The van der Waals surface area contributed by atoms with Crippen molar-refractivity contribution in [2.45, 2.75) is 24.9 Å². The van der Waals surface area contributed by atoms with Gasteiger partial charge in [0.2, 0.25) is 0 Å². The molecule has 2 atom stereocenters. The minimum atomic E-state index is -0.450. The molecule has 21 heavy (non-hydrogen) atoms. The molecule has 2 aromatic carbocycles. The standard InChI is InChI=1S/C19H23NO/c21-19(17-11-5-2-6-12-17)18(15-20-13-7-8-14-20)16-9-3-1-4-10-16/h1-6,9-12,18-19,21H,7-8,13-15H2. The van der Waals surface area contributed by atoms with E-state index >= 15 is 0 Å². The van der Waals surface area contributed by atoms with Gasteiger partial charge < -0.3 is 10.0 Å². The first kappa shape index (κ1) is 14.3. The number of aliphatic hydroxyl groups is 1. The smallest absolute Gasteiger partial charge is 0.0870 e. The SMILES string of the molecule is OC(c1ccccc1)C(CN1CCCC1)c1ccccc1. The van der Waals surface area contributed by atoms with Gasteiger partial charge in [-0.3, -0.25) is 0 Å². The molecule has 110 valence electrons. The summed E-state index contributed by atoms with van der Waals surface area (Å²) in [6, 6.07) is 20.4. The molecule has 1 N–H and O–H groups in total. The number of rotatable bonds is 5. The van der Waals surface area contributed by atoms with Crippen molar-refractivity contribution in [1.82, 2.24) is 4.90 Å². The number of nitrogens with zero attached hydrogens (tertiary/aromatic N) is 1. The maximum Gasteiger partial charge on any atom is 0.0870 e. The van der Waals surface area contributed by atoms with E-state index in [9.17, 15) is 5.11 Å². The van der Waals surface area contributed by atoms with Crippen LogP contribution in [0, 0.1) is 0 Å². The molecule has 2 unspecified atom stereocenters. The predicted molar refractivity (Wildman–Crippen MR) is 86.3 cm³/mol. The van der Waals surface area contributed by atoms with Crippen molar-refractivity contribution in [3.05, 3.63) is 71.8 Å². The monoisotopic (exact) mass is 281 g/mol. The lowest BCUT2D eigenvalue weighted by molar-refractivity contribution is 0.123. The van der Waals surface area contributed by atoms with Crippen LogP contribution in [0.2, 0.25) is 0 Å². The molecular weight excluding hydrogens is 258 g/mol. The molecule has 0 bridgehead atoms. The maximum atomic E-state index is 10.9. The van der Waals surface area contributed by atoms with Gasteiger partial charge in [0.05, 0.1) is 6.10 Å². The number of hydrogen-bond acceptors (Lipinski definition) is 2. The zero-order valence-electron chi connectivity index (χ0n) is 12.4. The summed E-state index contributed by atoms with van der Waals surface area (Å²) in [5.41, 5.74) is 2.23. The summed E-state index contributed by atoms with van der Waals surface area (Å²) in [7, 11) is 0. The van der Waals surface area contributed by atoms with Gasteiger partial charge in [-0.15, -0.1) is 0 Å². The van der Waals surface area contributed by atoms with Crippen LogP contribution in [0.25, 0.3) is 0 Å². The molecular formula is C19H23NO. The Hall–Kier alpha value is -1.64. The highest BCUT2D eigenvalue weighted by atomic mass is 16.3. The molecule has 1 aliphatic heterocycles. The summed E-state index contributed by atoms with van der Waals surface area (Å²) in [5.74, 6) is 0.131. The number of hydrogen-bond donors (Lipinski definition) is 1. The predicted octanol–water partition coefficient (Wildman–Crippen LogP) is 3.60. The quantitative estimate of drug-likeness (QED) is 0.905. The Morgan fingerprint density at radius 1 is 0.810 bits per heavy atom. The molecule has 0 aromatic heterocycles. The first-order valence-corrected chi connectivity index (χ1v) is 7.85. The molecule has 2 nitrogen and oxygen atoms in total. The Balaban J connectivity index is 1.84. The van der Waals surface area contributed by atoms with E-state index in [2.05, 4.69) is 29.2 Å². The van der Waals surface area contributed by atoms with Crippen molar-refractivity contribution in [3.8, 4) is 0 Å². The van der Waals surface area contributed by atoms with Gasteiger partial charge in [-0.2, -0.15) is 0 Å². The van der Waals surface area contributed by atoms with Crippen LogP contribution in [-0.4, -0.2) is 29.6 Å². The zero-order chi connectivity index (χ0) is 14.5. The topological polar surface area (TPSA) is 23.5 Å². The van der Waals surface area contributed by atoms with Crippen molar-refractivity contribution in [2.75, 3.05) is 19.6 Å². The highest BCUT2D eigenvalue weighted by molar-refractivity contribution is 5.27. The molecule has 2 aromatic rings. The van der Waals surface area contributed by atoms with Crippen LogP contribution in [-0.2, 0) is 0 Å². The number of likely N-dealkylation sites (tertiary alicyclic amines) is 1. The van der Waals surface area contributed by atoms with Crippen LogP contribution in [0.15, 0.2) is 60.7 Å². The third kappa shape index (κ3) is 3.52. The normalized spacial score (nSPS) is 18.5. The van der Waals surface area contributed by atoms with E-state index in [0.29, 0.717) is 0 Å². The van der Waals surface area contributed by atoms with E-state index in [4.69, 9.17) is 0 Å². The Morgan fingerprint density at radius 2 is 1.33 bits per heavy atom. The molecule has 0 radical (unpaired) electrons. The fourth-order valence-corrected chi connectivity index (χ4v) is 3.21. The first-order chi connectivity index (χ1) is 10.3. The van der Waals surface area contributed by atoms with E-state index < -0.39 is 6.10 Å². The molecule has 0 aliphatic carbocycles. The van der Waals surface area contributed by atoms with Crippen LogP contribution in [0.3, 0.4) is 0 Å². The van der Waals surface area contributed by atoms with Gasteiger partial charge in [-0.25, -0.2) is 0 Å². The molecule has 1 saturated heterocycles. The van der Waals surface area contributed by atoms with Crippen LogP contribution in [0.1, 0.15) is 36.0 Å². The molecule has 3 rings (SSSR count). The lowest BCUT2D eigenvalue weighted by atomic mass is 9.88. The summed E-state index contributed by atoms with van der Waals surface area (Å²) >= 11 is 0. The highest BCUT2D eigenvalue weighted by Crippen LogP contribution is 2.32. The van der Waals surface area contributed by atoms with E-state index in [1.54, 1.807) is 0 Å². The second-order valence-electron chi connectivity index (χ2n) is 5.88. The zero-order valence-corrected chi connectivity index (χ0v) is 12.4. The van der Waals surface area contributed by atoms with Gasteiger partial charge in [-0.05, 0) is 37.1 Å². The van der Waals surface area contributed by atoms with Gasteiger partial charge in [-0.1, -0.05) is 60.7 Å². The molecule has 2 heteroatoms. The average Bonchev–Trinajstić information content (AvgIpc) is 3.07. The summed E-state index contributed by atoms with van der Waals surface area (Å²) in [6.45, 7) is 3.25. The molecule has 1 aliphatic rings. The Labute approximate surface area is 127 Å². The Kier molecular flexibility index (Phi) is 4.69. The van der Waals surface area contributed by atoms with Crippen molar-refractivity contribution >= 4 is 0 Å². The summed E-state index contributed by atoms with van der Waals surface area (Å²) in [6.07, 6.45) is 2.11.